The van der Waals surface area contributed by atoms with Crippen molar-refractivity contribution in [2.45, 2.75) is 6.92 Å². The van der Waals surface area contributed by atoms with E-state index in [1.807, 2.05) is 18.2 Å². The Morgan fingerprint density at radius 3 is 3.00 bits per heavy atom. The molecule has 0 aliphatic rings. The zero-order valence-corrected chi connectivity index (χ0v) is 9.53. The molecule has 0 unspecified atom stereocenters. The molecule has 2 rings (SSSR count). The summed E-state index contributed by atoms with van der Waals surface area (Å²) in [6.45, 7) is 2.11. The molecule has 0 radical (unpaired) electrons. The normalized spacial score (nSPS) is 10.1. The summed E-state index contributed by atoms with van der Waals surface area (Å²) in [4.78, 5) is 20.5. The van der Waals surface area contributed by atoms with Crippen LogP contribution in [0.4, 0.5) is 0 Å². The molecule has 0 amide bonds. The van der Waals surface area contributed by atoms with Crippen LogP contribution in [0.2, 0.25) is 0 Å². The molecule has 0 N–H and O–H groups in total. The van der Waals surface area contributed by atoms with Gasteiger partial charge in [0.2, 0.25) is 0 Å². The maximum absolute atomic E-state index is 11.6. The number of thiazole rings is 1. The fraction of sp³-hybridized carbons (Fsp3) is 0.182. The van der Waals surface area contributed by atoms with Gasteiger partial charge in [0.05, 0.1) is 22.7 Å². The van der Waals surface area contributed by atoms with Gasteiger partial charge in [0.15, 0.2) is 5.69 Å². The van der Waals surface area contributed by atoms with Crippen LogP contribution in [0.15, 0.2) is 29.9 Å². The third-order valence-corrected chi connectivity index (χ3v) is 2.78. The molecule has 2 aromatic heterocycles. The average Bonchev–Trinajstić information content (AvgIpc) is 2.79. The summed E-state index contributed by atoms with van der Waals surface area (Å²) in [5.74, 6) is -0.399. The SMILES string of the molecule is CCOC(=O)c1ncsc1-c1ccccn1. The van der Waals surface area contributed by atoms with Crippen LogP contribution in [0.5, 0.6) is 0 Å². The van der Waals surface area contributed by atoms with Crippen LogP contribution in [0.3, 0.4) is 0 Å². The summed E-state index contributed by atoms with van der Waals surface area (Å²) < 4.78 is 4.93. The van der Waals surface area contributed by atoms with Gasteiger partial charge in [-0.1, -0.05) is 6.07 Å². The number of hydrogen-bond donors (Lipinski definition) is 0. The molecule has 0 aliphatic carbocycles. The van der Waals surface area contributed by atoms with Crippen LogP contribution in [0.1, 0.15) is 17.4 Å². The van der Waals surface area contributed by atoms with Crippen LogP contribution in [0.25, 0.3) is 10.6 Å². The number of carbonyl (C=O) groups is 1. The maximum Gasteiger partial charge on any atom is 0.358 e. The van der Waals surface area contributed by atoms with Gasteiger partial charge >= 0.3 is 5.97 Å². The van der Waals surface area contributed by atoms with E-state index >= 15 is 0 Å². The Balaban J connectivity index is 2.37. The third kappa shape index (κ3) is 2.09. The lowest BCUT2D eigenvalue weighted by Gasteiger charge is -2.01. The Hall–Kier alpha value is -1.75. The van der Waals surface area contributed by atoms with Crippen LogP contribution in [-0.2, 0) is 4.74 Å². The third-order valence-electron chi connectivity index (χ3n) is 1.93. The van der Waals surface area contributed by atoms with E-state index in [0.29, 0.717) is 12.3 Å². The highest BCUT2D eigenvalue weighted by Gasteiger charge is 2.17. The van der Waals surface area contributed by atoms with Gasteiger partial charge in [-0.3, -0.25) is 4.98 Å². The molecular formula is C11H10N2O2S. The Morgan fingerprint density at radius 2 is 2.31 bits per heavy atom. The van der Waals surface area contributed by atoms with Crippen molar-refractivity contribution in [1.82, 2.24) is 9.97 Å². The maximum atomic E-state index is 11.6. The van der Waals surface area contributed by atoms with E-state index in [0.717, 1.165) is 10.6 Å². The first-order chi connectivity index (χ1) is 7.83. The molecule has 0 bridgehead atoms. The zero-order valence-electron chi connectivity index (χ0n) is 8.71. The molecule has 0 saturated carbocycles. The topological polar surface area (TPSA) is 52.1 Å². The summed E-state index contributed by atoms with van der Waals surface area (Å²) in [6.07, 6.45) is 1.68. The highest BCUT2D eigenvalue weighted by Crippen LogP contribution is 2.25. The van der Waals surface area contributed by atoms with Crippen molar-refractivity contribution in [1.29, 1.82) is 0 Å². The first-order valence-electron chi connectivity index (χ1n) is 4.85. The number of carbonyl (C=O) groups excluding carboxylic acids is 1. The van der Waals surface area contributed by atoms with Crippen LogP contribution in [0, 0.1) is 0 Å². The van der Waals surface area contributed by atoms with Gasteiger partial charge < -0.3 is 4.74 Å². The minimum absolute atomic E-state index is 0.338. The Labute approximate surface area is 96.9 Å². The highest BCUT2D eigenvalue weighted by molar-refractivity contribution is 7.13. The quantitative estimate of drug-likeness (QED) is 0.765. The standard InChI is InChI=1S/C11H10N2O2S/c1-2-15-11(14)9-10(16-7-13-9)8-5-3-4-6-12-8/h3-7H,2H2,1H3. The molecule has 5 heteroatoms. The van der Waals surface area contributed by atoms with Crippen molar-refractivity contribution in [2.75, 3.05) is 6.61 Å². The number of ether oxygens (including phenoxy) is 1. The number of nitrogens with zero attached hydrogens (tertiary/aromatic N) is 2. The van der Waals surface area contributed by atoms with E-state index in [9.17, 15) is 4.79 Å². The second kappa shape index (κ2) is 4.85. The molecular weight excluding hydrogens is 224 g/mol. The van der Waals surface area contributed by atoms with E-state index in [1.54, 1.807) is 18.6 Å². The number of pyridine rings is 1. The largest absolute Gasteiger partial charge is 0.461 e. The minimum Gasteiger partial charge on any atom is -0.461 e. The second-order valence-electron chi connectivity index (χ2n) is 2.97. The second-order valence-corrected chi connectivity index (χ2v) is 3.82. The number of hydrogen-bond acceptors (Lipinski definition) is 5. The lowest BCUT2D eigenvalue weighted by atomic mass is 10.2. The molecule has 0 aliphatic heterocycles. The summed E-state index contributed by atoms with van der Waals surface area (Å²) in [5.41, 5.74) is 2.70. The molecule has 0 aromatic carbocycles. The Morgan fingerprint density at radius 1 is 1.44 bits per heavy atom. The summed E-state index contributed by atoms with van der Waals surface area (Å²) in [7, 11) is 0. The Bertz CT molecular complexity index is 482. The van der Waals surface area contributed by atoms with E-state index in [4.69, 9.17) is 4.74 Å². The molecule has 0 atom stereocenters. The van der Waals surface area contributed by atoms with Crippen molar-refractivity contribution in [3.8, 4) is 10.6 Å². The molecule has 0 saturated heterocycles. The number of aromatic nitrogens is 2. The van der Waals surface area contributed by atoms with Crippen molar-refractivity contribution in [3.05, 3.63) is 35.6 Å². The fourth-order valence-corrected chi connectivity index (χ4v) is 2.02. The highest BCUT2D eigenvalue weighted by atomic mass is 32.1. The lowest BCUT2D eigenvalue weighted by Crippen LogP contribution is -2.06. The van der Waals surface area contributed by atoms with Gasteiger partial charge in [0.1, 0.15) is 0 Å². The van der Waals surface area contributed by atoms with E-state index < -0.39 is 5.97 Å². The van der Waals surface area contributed by atoms with Crippen molar-refractivity contribution < 1.29 is 9.53 Å². The van der Waals surface area contributed by atoms with Crippen molar-refractivity contribution in [2.24, 2.45) is 0 Å². The van der Waals surface area contributed by atoms with Crippen LogP contribution >= 0.6 is 11.3 Å². The summed E-state index contributed by atoms with van der Waals surface area (Å²) in [5, 5.41) is 0. The Kier molecular flexibility index (Phi) is 3.26. The smallest absolute Gasteiger partial charge is 0.358 e. The average molecular weight is 234 g/mol. The molecule has 2 aromatic rings. The van der Waals surface area contributed by atoms with Crippen LogP contribution < -0.4 is 0 Å². The van der Waals surface area contributed by atoms with Gasteiger partial charge in [-0.25, -0.2) is 9.78 Å². The fourth-order valence-electron chi connectivity index (χ4n) is 1.27. The van der Waals surface area contributed by atoms with Gasteiger partial charge in [-0.05, 0) is 19.1 Å². The summed E-state index contributed by atoms with van der Waals surface area (Å²) in [6, 6.07) is 5.54. The molecule has 2 heterocycles. The molecule has 0 fully saturated rings. The molecule has 4 nitrogen and oxygen atoms in total. The van der Waals surface area contributed by atoms with Crippen molar-refractivity contribution >= 4 is 17.3 Å². The molecule has 0 spiro atoms. The van der Waals surface area contributed by atoms with E-state index in [2.05, 4.69) is 9.97 Å². The van der Waals surface area contributed by atoms with E-state index in [-0.39, 0.29) is 0 Å². The predicted molar refractivity (Wildman–Crippen MR) is 61.3 cm³/mol. The van der Waals surface area contributed by atoms with Gasteiger partial charge in [-0.15, -0.1) is 11.3 Å². The van der Waals surface area contributed by atoms with Crippen LogP contribution in [-0.4, -0.2) is 22.5 Å². The molecule has 82 valence electrons. The van der Waals surface area contributed by atoms with Crippen molar-refractivity contribution in [3.63, 3.8) is 0 Å². The monoisotopic (exact) mass is 234 g/mol. The first-order valence-corrected chi connectivity index (χ1v) is 5.73. The number of esters is 1. The first kappa shape index (κ1) is 10.8. The predicted octanol–water partition coefficient (Wildman–Crippen LogP) is 2.38. The molecule has 16 heavy (non-hydrogen) atoms. The van der Waals surface area contributed by atoms with E-state index in [1.165, 1.54) is 11.3 Å². The summed E-state index contributed by atoms with van der Waals surface area (Å²) >= 11 is 1.38. The lowest BCUT2D eigenvalue weighted by molar-refractivity contribution is 0.0521. The van der Waals surface area contributed by atoms with Gasteiger partial charge in [0, 0.05) is 6.20 Å². The minimum atomic E-state index is -0.399. The number of rotatable bonds is 3. The van der Waals surface area contributed by atoms with Gasteiger partial charge in [0.25, 0.3) is 0 Å². The zero-order chi connectivity index (χ0) is 11.4. The van der Waals surface area contributed by atoms with Gasteiger partial charge in [-0.2, -0.15) is 0 Å².